The molecule has 2 aromatic rings. The molecule has 0 bridgehead atoms. The quantitative estimate of drug-likeness (QED) is 0.433. The molecule has 0 heterocycles. The molecule has 0 atom stereocenters. The van der Waals surface area contributed by atoms with Crippen LogP contribution in [0.1, 0.15) is 15.9 Å². The molecule has 0 aliphatic carbocycles. The van der Waals surface area contributed by atoms with Crippen LogP contribution in [0.4, 0.5) is 10.1 Å². The first-order valence-electron chi connectivity index (χ1n) is 7.59. The van der Waals surface area contributed by atoms with Gasteiger partial charge < -0.3 is 10.1 Å². The lowest BCUT2D eigenvalue weighted by Gasteiger charge is -2.04. The van der Waals surface area contributed by atoms with Crippen molar-refractivity contribution in [3.05, 3.63) is 69.5 Å². The van der Waals surface area contributed by atoms with Gasteiger partial charge in [-0.3, -0.25) is 19.7 Å². The van der Waals surface area contributed by atoms with Gasteiger partial charge in [0.1, 0.15) is 5.82 Å². The van der Waals surface area contributed by atoms with Gasteiger partial charge in [-0.2, -0.15) is 5.10 Å². The van der Waals surface area contributed by atoms with E-state index in [0.717, 1.165) is 6.07 Å². The Morgan fingerprint density at radius 2 is 2.07 bits per heavy atom. The van der Waals surface area contributed by atoms with Gasteiger partial charge in [0, 0.05) is 17.2 Å². The second kappa shape index (κ2) is 9.04. The molecule has 0 fully saturated rings. The molecule has 140 valence electrons. The van der Waals surface area contributed by atoms with Crippen LogP contribution in [0.5, 0.6) is 5.75 Å². The summed E-state index contributed by atoms with van der Waals surface area (Å²) in [6, 6.07) is 9.19. The van der Waals surface area contributed by atoms with Crippen molar-refractivity contribution >= 4 is 23.7 Å². The predicted molar refractivity (Wildman–Crippen MR) is 94.1 cm³/mol. The second-order valence-electron chi connectivity index (χ2n) is 5.17. The number of nitro groups is 1. The average molecular weight is 374 g/mol. The van der Waals surface area contributed by atoms with Gasteiger partial charge in [0.25, 0.3) is 11.8 Å². The monoisotopic (exact) mass is 374 g/mol. The van der Waals surface area contributed by atoms with Crippen LogP contribution >= 0.6 is 0 Å². The summed E-state index contributed by atoms with van der Waals surface area (Å²) in [7, 11) is 1.31. The first-order valence-corrected chi connectivity index (χ1v) is 7.59. The highest BCUT2D eigenvalue weighted by Crippen LogP contribution is 2.26. The zero-order valence-electron chi connectivity index (χ0n) is 14.1. The highest BCUT2D eigenvalue weighted by Gasteiger charge is 2.14. The fourth-order valence-electron chi connectivity index (χ4n) is 2.04. The van der Waals surface area contributed by atoms with E-state index in [0.29, 0.717) is 5.56 Å². The summed E-state index contributed by atoms with van der Waals surface area (Å²) < 4.78 is 17.9. The van der Waals surface area contributed by atoms with E-state index in [1.54, 1.807) is 0 Å². The molecule has 27 heavy (non-hydrogen) atoms. The van der Waals surface area contributed by atoms with Crippen molar-refractivity contribution in [3.63, 3.8) is 0 Å². The van der Waals surface area contributed by atoms with Crippen molar-refractivity contribution < 1.29 is 23.6 Å². The molecule has 0 aliphatic rings. The molecule has 0 aromatic heterocycles. The van der Waals surface area contributed by atoms with Gasteiger partial charge in [-0.15, -0.1) is 0 Å². The zero-order chi connectivity index (χ0) is 19.8. The molecule has 0 saturated heterocycles. The maximum Gasteiger partial charge on any atom is 0.311 e. The lowest BCUT2D eigenvalue weighted by molar-refractivity contribution is -0.385. The van der Waals surface area contributed by atoms with Crippen molar-refractivity contribution in [2.45, 2.75) is 0 Å². The number of benzene rings is 2. The van der Waals surface area contributed by atoms with Crippen LogP contribution in [0.2, 0.25) is 0 Å². The number of methoxy groups -OCH3 is 1. The number of ether oxygens (including phenoxy) is 1. The number of hydrogen-bond acceptors (Lipinski definition) is 6. The second-order valence-corrected chi connectivity index (χ2v) is 5.17. The van der Waals surface area contributed by atoms with Crippen LogP contribution in [0.25, 0.3) is 0 Å². The van der Waals surface area contributed by atoms with Crippen molar-refractivity contribution in [2.24, 2.45) is 5.10 Å². The Morgan fingerprint density at radius 3 is 2.74 bits per heavy atom. The van der Waals surface area contributed by atoms with E-state index in [9.17, 15) is 24.1 Å². The van der Waals surface area contributed by atoms with Gasteiger partial charge in [0.05, 0.1) is 24.8 Å². The minimum Gasteiger partial charge on any atom is -0.490 e. The molecule has 0 saturated carbocycles. The number of carbonyl (C=O) groups is 2. The Hall–Kier alpha value is -3.82. The number of amides is 2. The SMILES string of the molecule is COc1ccc(C=NNC(=O)CNC(=O)c2cccc(F)c2)cc1[N+](=O)[O-]. The Labute approximate surface area is 153 Å². The maximum absolute atomic E-state index is 13.1. The number of rotatable bonds is 7. The lowest BCUT2D eigenvalue weighted by atomic mass is 10.2. The summed E-state index contributed by atoms with van der Waals surface area (Å²) in [4.78, 5) is 33.8. The number of nitro benzene ring substituents is 1. The van der Waals surface area contributed by atoms with E-state index >= 15 is 0 Å². The standard InChI is InChI=1S/C17H15FN4O5/c1-27-15-6-5-11(7-14(15)22(25)26)9-20-21-16(23)10-19-17(24)12-3-2-4-13(18)8-12/h2-9H,10H2,1H3,(H,19,24)(H,21,23). The molecular formula is C17H15FN4O5. The first-order chi connectivity index (χ1) is 12.9. The summed E-state index contributed by atoms with van der Waals surface area (Å²) >= 11 is 0. The van der Waals surface area contributed by atoms with Crippen molar-refractivity contribution in [3.8, 4) is 5.75 Å². The summed E-state index contributed by atoms with van der Waals surface area (Å²) in [5.41, 5.74) is 2.37. The molecule has 2 amide bonds. The number of hydrazone groups is 1. The van der Waals surface area contributed by atoms with Gasteiger partial charge in [-0.25, -0.2) is 9.82 Å². The third-order valence-corrected chi connectivity index (χ3v) is 3.30. The third-order valence-electron chi connectivity index (χ3n) is 3.30. The molecule has 0 aliphatic heterocycles. The van der Waals surface area contributed by atoms with Crippen molar-refractivity contribution in [1.29, 1.82) is 0 Å². The van der Waals surface area contributed by atoms with Crippen LogP contribution in [-0.4, -0.2) is 36.6 Å². The van der Waals surface area contributed by atoms with E-state index in [2.05, 4.69) is 15.8 Å². The summed E-state index contributed by atoms with van der Waals surface area (Å²) in [5, 5.41) is 16.9. The molecule has 2 N–H and O–H groups in total. The number of halogens is 1. The highest BCUT2D eigenvalue weighted by molar-refractivity contribution is 5.96. The van der Waals surface area contributed by atoms with E-state index in [1.165, 1.54) is 49.7 Å². The fraction of sp³-hybridized carbons (Fsp3) is 0.118. The molecule has 0 spiro atoms. The van der Waals surface area contributed by atoms with Gasteiger partial charge >= 0.3 is 5.69 Å². The minimum absolute atomic E-state index is 0.0804. The zero-order valence-corrected chi connectivity index (χ0v) is 14.1. The molecule has 2 aromatic carbocycles. The van der Waals surface area contributed by atoms with E-state index < -0.39 is 22.6 Å². The predicted octanol–water partition coefficient (Wildman–Crippen LogP) is 1.62. The number of nitrogens with zero attached hydrogens (tertiary/aromatic N) is 2. The van der Waals surface area contributed by atoms with Crippen LogP contribution in [0, 0.1) is 15.9 Å². The lowest BCUT2D eigenvalue weighted by Crippen LogP contribution is -2.34. The van der Waals surface area contributed by atoms with E-state index in [-0.39, 0.29) is 23.5 Å². The Bertz CT molecular complexity index is 901. The van der Waals surface area contributed by atoms with E-state index in [4.69, 9.17) is 4.74 Å². The number of hydrogen-bond donors (Lipinski definition) is 2. The van der Waals surface area contributed by atoms with Crippen LogP contribution < -0.4 is 15.5 Å². The average Bonchev–Trinajstić information content (AvgIpc) is 2.66. The van der Waals surface area contributed by atoms with Crippen molar-refractivity contribution in [2.75, 3.05) is 13.7 Å². The highest BCUT2D eigenvalue weighted by atomic mass is 19.1. The Balaban J connectivity index is 1.89. The first kappa shape index (κ1) is 19.5. The van der Waals surface area contributed by atoms with Gasteiger partial charge in [-0.1, -0.05) is 6.07 Å². The summed E-state index contributed by atoms with van der Waals surface area (Å²) in [6.07, 6.45) is 1.21. The fourth-order valence-corrected chi connectivity index (χ4v) is 2.04. The Kier molecular flexibility index (Phi) is 6.53. The normalized spacial score (nSPS) is 10.4. The van der Waals surface area contributed by atoms with Crippen LogP contribution in [0.3, 0.4) is 0 Å². The molecule has 2 rings (SSSR count). The van der Waals surface area contributed by atoms with Gasteiger partial charge in [0.15, 0.2) is 5.75 Å². The topological polar surface area (TPSA) is 123 Å². The van der Waals surface area contributed by atoms with Crippen LogP contribution in [0.15, 0.2) is 47.6 Å². The van der Waals surface area contributed by atoms with Gasteiger partial charge in [-0.05, 0) is 30.3 Å². The number of carbonyl (C=O) groups excluding carboxylic acids is 2. The number of nitrogens with one attached hydrogen (secondary N) is 2. The smallest absolute Gasteiger partial charge is 0.311 e. The molecular weight excluding hydrogens is 359 g/mol. The van der Waals surface area contributed by atoms with Crippen molar-refractivity contribution in [1.82, 2.24) is 10.7 Å². The molecule has 0 radical (unpaired) electrons. The minimum atomic E-state index is -0.626. The summed E-state index contributed by atoms with van der Waals surface area (Å²) in [5.74, 6) is -1.70. The van der Waals surface area contributed by atoms with Crippen LogP contribution in [-0.2, 0) is 4.79 Å². The Morgan fingerprint density at radius 1 is 1.30 bits per heavy atom. The third kappa shape index (κ3) is 5.59. The largest absolute Gasteiger partial charge is 0.490 e. The maximum atomic E-state index is 13.1. The molecule has 0 unspecified atom stereocenters. The van der Waals surface area contributed by atoms with E-state index in [1.807, 2.05) is 0 Å². The summed E-state index contributed by atoms with van der Waals surface area (Å²) in [6.45, 7) is -0.380. The molecule has 10 heteroatoms. The molecule has 9 nitrogen and oxygen atoms in total. The van der Waals surface area contributed by atoms with Gasteiger partial charge in [0.2, 0.25) is 0 Å².